The molecule has 0 radical (unpaired) electrons. The van der Waals surface area contributed by atoms with Crippen molar-refractivity contribution < 1.29 is 19.1 Å². The molecular weight excluding hydrogens is 290 g/mol. The molecule has 0 aromatic carbocycles. The average molecular weight is 307 g/mol. The van der Waals surface area contributed by atoms with Gasteiger partial charge in [-0.25, -0.2) is 4.79 Å². The Bertz CT molecular complexity index is 656. The number of carboxylic acids is 1. The van der Waals surface area contributed by atoms with Crippen LogP contribution in [0.1, 0.15) is 50.3 Å². The molecule has 0 fully saturated rings. The molecule has 0 aliphatic carbocycles. The van der Waals surface area contributed by atoms with Gasteiger partial charge in [0.25, 0.3) is 5.91 Å². The zero-order valence-corrected chi connectivity index (χ0v) is 12.8. The number of amides is 1. The zero-order valence-electron chi connectivity index (χ0n) is 11.9. The second kappa shape index (κ2) is 6.58. The van der Waals surface area contributed by atoms with Crippen molar-refractivity contribution in [3.05, 3.63) is 45.0 Å². The van der Waals surface area contributed by atoms with E-state index in [-0.39, 0.29) is 11.3 Å². The molecule has 0 saturated carbocycles. The lowest BCUT2D eigenvalue weighted by Gasteiger charge is -2.00. The van der Waals surface area contributed by atoms with Gasteiger partial charge < -0.3 is 14.8 Å². The Labute approximate surface area is 126 Å². The Hall–Kier alpha value is -2.08. The van der Waals surface area contributed by atoms with Crippen molar-refractivity contribution in [3.8, 4) is 0 Å². The van der Waals surface area contributed by atoms with Gasteiger partial charge in [0.15, 0.2) is 5.76 Å². The number of thiophene rings is 1. The van der Waals surface area contributed by atoms with Gasteiger partial charge in [0, 0.05) is 22.2 Å². The van der Waals surface area contributed by atoms with Gasteiger partial charge in [-0.15, -0.1) is 11.3 Å². The highest BCUT2D eigenvalue weighted by atomic mass is 32.1. The van der Waals surface area contributed by atoms with Crippen LogP contribution in [0.4, 0.5) is 0 Å². The van der Waals surface area contributed by atoms with E-state index >= 15 is 0 Å². The van der Waals surface area contributed by atoms with Gasteiger partial charge in [0.05, 0.1) is 6.54 Å². The number of aryl methyl sites for hydroxylation is 2. The van der Waals surface area contributed by atoms with Gasteiger partial charge in [-0.2, -0.15) is 0 Å². The quantitative estimate of drug-likeness (QED) is 0.859. The van der Waals surface area contributed by atoms with Gasteiger partial charge in [0.1, 0.15) is 11.3 Å². The standard InChI is InChI=1S/C15H17NO4S/c1-3-9-5-6-10(21-9)8-16-14(17)13-7-11(15(18)19)12(4-2)20-13/h5-7H,3-4,8H2,1-2H3,(H,16,17)(H,18,19). The van der Waals surface area contributed by atoms with E-state index in [4.69, 9.17) is 9.52 Å². The third-order valence-electron chi connectivity index (χ3n) is 3.07. The maximum absolute atomic E-state index is 12.0. The minimum atomic E-state index is -1.08. The molecule has 0 unspecified atom stereocenters. The van der Waals surface area contributed by atoms with E-state index in [2.05, 4.69) is 12.2 Å². The van der Waals surface area contributed by atoms with Gasteiger partial charge >= 0.3 is 5.97 Å². The van der Waals surface area contributed by atoms with Crippen LogP contribution in [0.15, 0.2) is 22.6 Å². The summed E-state index contributed by atoms with van der Waals surface area (Å²) in [7, 11) is 0. The molecule has 0 spiro atoms. The molecule has 2 heterocycles. The Balaban J connectivity index is 2.04. The Morgan fingerprint density at radius 3 is 2.48 bits per heavy atom. The number of hydrogen-bond acceptors (Lipinski definition) is 4. The first-order valence-corrected chi connectivity index (χ1v) is 7.58. The van der Waals surface area contributed by atoms with E-state index in [1.54, 1.807) is 18.3 Å². The molecule has 1 amide bonds. The summed E-state index contributed by atoms with van der Waals surface area (Å²) in [5.41, 5.74) is 0.0482. The normalized spacial score (nSPS) is 10.6. The van der Waals surface area contributed by atoms with Crippen LogP contribution in [0.25, 0.3) is 0 Å². The van der Waals surface area contributed by atoms with Crippen LogP contribution >= 0.6 is 11.3 Å². The highest BCUT2D eigenvalue weighted by Crippen LogP contribution is 2.18. The maximum atomic E-state index is 12.0. The molecule has 5 nitrogen and oxygen atoms in total. The first-order chi connectivity index (χ1) is 10.0. The highest BCUT2D eigenvalue weighted by molar-refractivity contribution is 7.11. The van der Waals surface area contributed by atoms with Crippen LogP contribution in [0, 0.1) is 0 Å². The van der Waals surface area contributed by atoms with Gasteiger partial charge in [-0.05, 0) is 18.6 Å². The summed E-state index contributed by atoms with van der Waals surface area (Å²) in [5, 5.41) is 11.8. The third kappa shape index (κ3) is 3.52. The molecule has 21 heavy (non-hydrogen) atoms. The SMILES string of the molecule is CCc1ccc(CNC(=O)c2cc(C(=O)O)c(CC)o2)s1. The van der Waals surface area contributed by atoms with Crippen molar-refractivity contribution in [3.63, 3.8) is 0 Å². The number of carboxylic acid groups (broad SMARTS) is 1. The number of furan rings is 1. The predicted octanol–water partition coefficient (Wildman–Crippen LogP) is 3.09. The zero-order chi connectivity index (χ0) is 15.4. The molecular formula is C15H17NO4S. The van der Waals surface area contributed by atoms with E-state index < -0.39 is 11.9 Å². The summed E-state index contributed by atoms with van der Waals surface area (Å²) in [6.07, 6.45) is 1.40. The molecule has 0 bridgehead atoms. The summed E-state index contributed by atoms with van der Waals surface area (Å²) < 4.78 is 5.31. The number of nitrogens with one attached hydrogen (secondary N) is 1. The van der Waals surface area contributed by atoms with E-state index in [1.165, 1.54) is 10.9 Å². The van der Waals surface area contributed by atoms with Crippen LogP contribution in [0.2, 0.25) is 0 Å². The molecule has 2 aromatic heterocycles. The monoisotopic (exact) mass is 307 g/mol. The summed E-state index contributed by atoms with van der Waals surface area (Å²) in [4.78, 5) is 25.4. The molecule has 0 saturated heterocycles. The highest BCUT2D eigenvalue weighted by Gasteiger charge is 2.19. The Morgan fingerprint density at radius 1 is 1.24 bits per heavy atom. The molecule has 0 aliphatic heterocycles. The summed E-state index contributed by atoms with van der Waals surface area (Å²) in [6, 6.07) is 5.30. The largest absolute Gasteiger partial charge is 0.478 e. The average Bonchev–Trinajstić information content (AvgIpc) is 3.10. The molecule has 0 atom stereocenters. The minimum Gasteiger partial charge on any atom is -0.478 e. The van der Waals surface area contributed by atoms with E-state index in [9.17, 15) is 9.59 Å². The van der Waals surface area contributed by atoms with Crippen LogP contribution in [0.5, 0.6) is 0 Å². The summed E-state index contributed by atoms with van der Waals surface area (Å²) in [6.45, 7) is 4.27. The molecule has 112 valence electrons. The summed E-state index contributed by atoms with van der Waals surface area (Å²) in [5.74, 6) is -1.13. The van der Waals surface area contributed by atoms with Crippen molar-refractivity contribution in [2.45, 2.75) is 33.2 Å². The van der Waals surface area contributed by atoms with Crippen molar-refractivity contribution in [2.24, 2.45) is 0 Å². The number of aromatic carboxylic acids is 1. The molecule has 0 aliphatic rings. The minimum absolute atomic E-state index is 0.0384. The van der Waals surface area contributed by atoms with Crippen molar-refractivity contribution >= 4 is 23.2 Å². The first kappa shape index (κ1) is 15.3. The lowest BCUT2D eigenvalue weighted by molar-refractivity contribution is 0.0694. The maximum Gasteiger partial charge on any atom is 0.339 e. The Morgan fingerprint density at radius 2 is 1.95 bits per heavy atom. The predicted molar refractivity (Wildman–Crippen MR) is 79.9 cm³/mol. The van der Waals surface area contributed by atoms with Gasteiger partial charge in [0.2, 0.25) is 0 Å². The summed E-state index contributed by atoms with van der Waals surface area (Å²) >= 11 is 1.65. The van der Waals surface area contributed by atoms with Crippen molar-refractivity contribution in [1.29, 1.82) is 0 Å². The Kier molecular flexibility index (Phi) is 4.80. The fraction of sp³-hybridized carbons (Fsp3) is 0.333. The topological polar surface area (TPSA) is 79.5 Å². The second-order valence-electron chi connectivity index (χ2n) is 4.51. The van der Waals surface area contributed by atoms with Gasteiger partial charge in [-0.1, -0.05) is 13.8 Å². The number of rotatable bonds is 6. The smallest absolute Gasteiger partial charge is 0.339 e. The van der Waals surface area contributed by atoms with E-state index in [1.807, 2.05) is 12.1 Å². The van der Waals surface area contributed by atoms with Crippen LogP contribution < -0.4 is 5.32 Å². The van der Waals surface area contributed by atoms with Crippen LogP contribution in [0.3, 0.4) is 0 Å². The second-order valence-corrected chi connectivity index (χ2v) is 5.76. The van der Waals surface area contributed by atoms with Crippen molar-refractivity contribution in [1.82, 2.24) is 5.32 Å². The van der Waals surface area contributed by atoms with Gasteiger partial charge in [-0.3, -0.25) is 4.79 Å². The fourth-order valence-corrected chi connectivity index (χ4v) is 2.84. The molecule has 2 aromatic rings. The number of hydrogen-bond donors (Lipinski definition) is 2. The molecule has 6 heteroatoms. The number of carbonyl (C=O) groups is 2. The first-order valence-electron chi connectivity index (χ1n) is 6.76. The lowest BCUT2D eigenvalue weighted by Crippen LogP contribution is -2.21. The molecule has 2 rings (SSSR count). The van der Waals surface area contributed by atoms with E-state index in [0.29, 0.717) is 18.7 Å². The fourth-order valence-electron chi connectivity index (χ4n) is 1.95. The third-order valence-corrected chi connectivity index (χ3v) is 4.30. The number of carbonyl (C=O) groups excluding carboxylic acids is 1. The molecule has 2 N–H and O–H groups in total. The lowest BCUT2D eigenvalue weighted by atomic mass is 10.2. The van der Waals surface area contributed by atoms with E-state index in [0.717, 1.165) is 11.3 Å². The van der Waals surface area contributed by atoms with Crippen LogP contribution in [-0.2, 0) is 19.4 Å². The van der Waals surface area contributed by atoms with Crippen molar-refractivity contribution in [2.75, 3.05) is 0 Å². The van der Waals surface area contributed by atoms with Crippen LogP contribution in [-0.4, -0.2) is 17.0 Å².